The van der Waals surface area contributed by atoms with Crippen molar-refractivity contribution in [1.29, 1.82) is 0 Å². The third-order valence-electron chi connectivity index (χ3n) is 6.99. The molecule has 0 bridgehead atoms. The molecule has 3 N–H and O–H groups in total. The van der Waals surface area contributed by atoms with Gasteiger partial charge in [0.15, 0.2) is 11.6 Å². The summed E-state index contributed by atoms with van der Waals surface area (Å²) in [6.45, 7) is 6.75. The van der Waals surface area contributed by atoms with E-state index in [2.05, 4.69) is 22.1 Å². The zero-order chi connectivity index (χ0) is 29.4. The second-order valence-corrected chi connectivity index (χ2v) is 12.3. The summed E-state index contributed by atoms with van der Waals surface area (Å²) in [6, 6.07) is 7.59. The lowest BCUT2D eigenvalue weighted by Gasteiger charge is -2.31. The number of likely N-dealkylation sites (tertiary alicyclic amines) is 1. The van der Waals surface area contributed by atoms with Gasteiger partial charge in [-0.2, -0.15) is 0 Å². The van der Waals surface area contributed by atoms with E-state index in [9.17, 15) is 18.8 Å². The normalized spacial score (nSPS) is 16.4. The van der Waals surface area contributed by atoms with E-state index in [1.807, 2.05) is 26.8 Å². The van der Waals surface area contributed by atoms with Crippen molar-refractivity contribution in [3.05, 3.63) is 47.2 Å². The first-order chi connectivity index (χ1) is 19.4. The molecule has 214 valence electrons. The first kappa shape index (κ1) is 28.4. The van der Waals surface area contributed by atoms with Crippen molar-refractivity contribution in [2.45, 2.75) is 52.1 Å². The number of hydrogen-bond donors (Lipinski definition) is 2. The number of pyridine rings is 1. The van der Waals surface area contributed by atoms with Gasteiger partial charge in [0, 0.05) is 43.0 Å². The number of fused-ring (bicyclic) bond motifs is 1. The maximum atomic E-state index is 14.9. The van der Waals surface area contributed by atoms with Crippen LogP contribution in [0, 0.1) is 29.0 Å². The van der Waals surface area contributed by atoms with Gasteiger partial charge in [-0.3, -0.25) is 14.6 Å². The van der Waals surface area contributed by atoms with Gasteiger partial charge in [-0.25, -0.2) is 9.18 Å². The Bertz CT molecular complexity index is 1570. The number of hydrogen-bond acceptors (Lipinski definition) is 7. The highest BCUT2D eigenvalue weighted by molar-refractivity contribution is 7.19. The number of nitrogens with zero attached hydrogens (tertiary/aromatic N) is 2. The molecule has 1 aromatic carbocycles. The Labute approximate surface area is 241 Å². The first-order valence-corrected chi connectivity index (χ1v) is 14.2. The van der Waals surface area contributed by atoms with Crippen LogP contribution in [0.15, 0.2) is 36.5 Å². The molecular formula is C30H31FN4O5S. The van der Waals surface area contributed by atoms with Crippen molar-refractivity contribution < 1.29 is 28.2 Å². The monoisotopic (exact) mass is 578 g/mol. The molecular weight excluding hydrogens is 547 g/mol. The van der Waals surface area contributed by atoms with E-state index in [0.717, 1.165) is 28.5 Å². The molecule has 3 aromatic rings. The largest absolute Gasteiger partial charge is 0.453 e. The molecule has 3 heterocycles. The fourth-order valence-corrected chi connectivity index (χ4v) is 5.43. The highest BCUT2D eigenvalue weighted by Crippen LogP contribution is 2.46. The Morgan fingerprint density at radius 1 is 1.15 bits per heavy atom. The molecule has 1 aliphatic heterocycles. The molecule has 11 heteroatoms. The van der Waals surface area contributed by atoms with Gasteiger partial charge in [0.1, 0.15) is 16.8 Å². The Kier molecular flexibility index (Phi) is 7.62. The number of benzene rings is 1. The number of primary amides is 1. The molecule has 2 fully saturated rings. The second-order valence-electron chi connectivity index (χ2n) is 11.3. The minimum absolute atomic E-state index is 0.0238. The van der Waals surface area contributed by atoms with E-state index >= 15 is 0 Å². The Morgan fingerprint density at radius 2 is 1.88 bits per heavy atom. The summed E-state index contributed by atoms with van der Waals surface area (Å²) in [5.74, 6) is 5.23. The molecule has 1 saturated carbocycles. The van der Waals surface area contributed by atoms with Gasteiger partial charge in [0.05, 0.1) is 15.1 Å². The van der Waals surface area contributed by atoms with E-state index in [1.165, 1.54) is 23.5 Å². The number of aromatic nitrogens is 1. The van der Waals surface area contributed by atoms with Gasteiger partial charge in [0.2, 0.25) is 11.8 Å². The summed E-state index contributed by atoms with van der Waals surface area (Å²) in [7, 11) is 0. The first-order valence-electron chi connectivity index (χ1n) is 13.4. The standard InChI is InChI=1S/C30H31FN4O5S/c1-29(2,3)40-28(38)35-14-9-18(10-15-35)4-6-20-17-22-25(41-20)24(8-13-33-22)39-23-7-5-19(16-21(23)31)34-27(37)30(11-12-30)26(32)36/h5,7-8,13,16-18H,9-12,14-15H2,1-3H3,(H2,32,36)(H,34,37). The maximum absolute atomic E-state index is 14.9. The number of anilines is 1. The Balaban J connectivity index is 1.23. The van der Waals surface area contributed by atoms with E-state index < -0.39 is 28.6 Å². The average Bonchev–Trinajstić information content (AvgIpc) is 3.63. The van der Waals surface area contributed by atoms with Crippen LogP contribution in [-0.4, -0.2) is 46.5 Å². The molecule has 0 unspecified atom stereocenters. The lowest BCUT2D eigenvalue weighted by atomic mass is 9.98. The third-order valence-corrected chi connectivity index (χ3v) is 8.04. The van der Waals surface area contributed by atoms with Crippen LogP contribution in [-0.2, 0) is 14.3 Å². The van der Waals surface area contributed by atoms with Crippen molar-refractivity contribution in [3.8, 4) is 23.3 Å². The second kappa shape index (κ2) is 11.0. The fourth-order valence-electron chi connectivity index (χ4n) is 4.50. The van der Waals surface area contributed by atoms with Crippen LogP contribution in [0.25, 0.3) is 10.2 Å². The topological polar surface area (TPSA) is 124 Å². The molecule has 0 atom stereocenters. The smallest absolute Gasteiger partial charge is 0.410 e. The molecule has 0 spiro atoms. The molecule has 0 radical (unpaired) electrons. The van der Waals surface area contributed by atoms with Gasteiger partial charge in [0.25, 0.3) is 0 Å². The van der Waals surface area contributed by atoms with Crippen LogP contribution < -0.4 is 15.8 Å². The molecule has 1 aliphatic carbocycles. The van der Waals surface area contributed by atoms with Crippen LogP contribution in [0.3, 0.4) is 0 Å². The highest BCUT2D eigenvalue weighted by Gasteiger charge is 2.55. The summed E-state index contributed by atoms with van der Waals surface area (Å²) in [6.07, 6.45) is 3.59. The number of ether oxygens (including phenoxy) is 2. The number of carbonyl (C=O) groups is 3. The Hall–Kier alpha value is -4.17. The SMILES string of the molecule is CC(C)(C)OC(=O)N1CCC(C#Cc2cc3nccc(Oc4ccc(NC(=O)C5(C(N)=O)CC5)cc4F)c3s2)CC1. The number of amides is 3. The predicted molar refractivity (Wildman–Crippen MR) is 153 cm³/mol. The number of halogens is 1. The van der Waals surface area contributed by atoms with E-state index in [-0.39, 0.29) is 23.4 Å². The van der Waals surface area contributed by atoms with Crippen molar-refractivity contribution >= 4 is 45.1 Å². The quantitative estimate of drug-likeness (QED) is 0.307. The van der Waals surface area contributed by atoms with Crippen LogP contribution in [0.1, 0.15) is 51.3 Å². The molecule has 41 heavy (non-hydrogen) atoms. The minimum Gasteiger partial charge on any atom is -0.453 e. The number of nitrogens with one attached hydrogen (secondary N) is 1. The van der Waals surface area contributed by atoms with Crippen LogP contribution in [0.5, 0.6) is 11.5 Å². The number of rotatable bonds is 5. The zero-order valence-corrected chi connectivity index (χ0v) is 23.9. The predicted octanol–water partition coefficient (Wildman–Crippen LogP) is 5.43. The number of thiophene rings is 1. The van der Waals surface area contributed by atoms with Gasteiger partial charge < -0.3 is 25.4 Å². The van der Waals surface area contributed by atoms with Gasteiger partial charge in [-0.15, -0.1) is 11.3 Å². The molecule has 3 amide bonds. The van der Waals surface area contributed by atoms with Crippen molar-refractivity contribution in [1.82, 2.24) is 9.88 Å². The lowest BCUT2D eigenvalue weighted by Crippen LogP contribution is -2.41. The van der Waals surface area contributed by atoms with Gasteiger partial charge >= 0.3 is 6.09 Å². The van der Waals surface area contributed by atoms with Crippen LogP contribution >= 0.6 is 11.3 Å². The summed E-state index contributed by atoms with van der Waals surface area (Å²) < 4.78 is 27.0. The van der Waals surface area contributed by atoms with Crippen LogP contribution in [0.4, 0.5) is 14.9 Å². The van der Waals surface area contributed by atoms with Crippen molar-refractivity contribution in [3.63, 3.8) is 0 Å². The number of nitrogens with two attached hydrogens (primary N) is 1. The Morgan fingerprint density at radius 3 is 2.51 bits per heavy atom. The zero-order valence-electron chi connectivity index (χ0n) is 23.1. The van der Waals surface area contributed by atoms with Crippen molar-refractivity contribution in [2.24, 2.45) is 17.1 Å². The molecule has 5 rings (SSSR count). The van der Waals surface area contributed by atoms with Gasteiger partial charge in [-0.1, -0.05) is 11.8 Å². The summed E-state index contributed by atoms with van der Waals surface area (Å²) in [5.41, 5.74) is 4.50. The number of piperidine rings is 1. The number of carbonyl (C=O) groups excluding carboxylic acids is 3. The maximum Gasteiger partial charge on any atom is 0.410 e. The van der Waals surface area contributed by atoms with Gasteiger partial charge in [-0.05, 0) is 64.7 Å². The van der Waals surface area contributed by atoms with E-state index in [1.54, 1.807) is 17.2 Å². The molecule has 9 nitrogen and oxygen atoms in total. The molecule has 1 saturated heterocycles. The molecule has 2 aromatic heterocycles. The van der Waals surface area contributed by atoms with Crippen LogP contribution in [0.2, 0.25) is 0 Å². The minimum atomic E-state index is -1.20. The van der Waals surface area contributed by atoms with E-state index in [4.69, 9.17) is 15.2 Å². The van der Waals surface area contributed by atoms with E-state index in [0.29, 0.717) is 37.2 Å². The third kappa shape index (κ3) is 6.43. The highest BCUT2D eigenvalue weighted by atomic mass is 32.1. The van der Waals surface area contributed by atoms with Crippen molar-refractivity contribution in [2.75, 3.05) is 18.4 Å². The summed E-state index contributed by atoms with van der Waals surface area (Å²) in [5, 5.41) is 2.56. The fraction of sp³-hybridized carbons (Fsp3) is 0.400. The summed E-state index contributed by atoms with van der Waals surface area (Å²) >= 11 is 1.40. The average molecular weight is 579 g/mol. The summed E-state index contributed by atoms with van der Waals surface area (Å²) in [4.78, 5) is 43.2. The molecule has 2 aliphatic rings. The lowest BCUT2D eigenvalue weighted by molar-refractivity contribution is -0.132.